The van der Waals surface area contributed by atoms with Crippen LogP contribution in [0.2, 0.25) is 0 Å². The second kappa shape index (κ2) is 7.34. The number of fused-ring (bicyclic) bond motifs is 1. The molecule has 1 heterocycles. The number of rotatable bonds is 4. The van der Waals surface area contributed by atoms with Crippen LogP contribution in [-0.2, 0) is 6.54 Å². The highest BCUT2D eigenvalue weighted by Crippen LogP contribution is 2.29. The summed E-state index contributed by atoms with van der Waals surface area (Å²) in [5.74, 6) is 0.740. The number of benzene rings is 3. The van der Waals surface area contributed by atoms with Gasteiger partial charge in [-0.2, -0.15) is 0 Å². The van der Waals surface area contributed by atoms with Crippen molar-refractivity contribution in [1.82, 2.24) is 4.90 Å². The van der Waals surface area contributed by atoms with Crippen LogP contribution in [0.1, 0.15) is 5.56 Å². The summed E-state index contributed by atoms with van der Waals surface area (Å²) in [6, 6.07) is 19.4. The molecule has 1 aliphatic heterocycles. The van der Waals surface area contributed by atoms with Gasteiger partial charge in [0, 0.05) is 43.8 Å². The summed E-state index contributed by atoms with van der Waals surface area (Å²) in [5, 5.41) is 2.42. The van der Waals surface area contributed by atoms with E-state index in [1.807, 2.05) is 12.1 Å². The summed E-state index contributed by atoms with van der Waals surface area (Å²) in [4.78, 5) is 4.80. The molecule has 0 aromatic heterocycles. The molecule has 0 bridgehead atoms. The lowest BCUT2D eigenvalue weighted by Gasteiger charge is -2.36. The van der Waals surface area contributed by atoms with Crippen molar-refractivity contribution in [3.8, 4) is 5.75 Å². The first-order valence-electron chi connectivity index (χ1n) is 9.02. The van der Waals surface area contributed by atoms with E-state index in [4.69, 9.17) is 4.74 Å². The van der Waals surface area contributed by atoms with Crippen LogP contribution in [0.25, 0.3) is 10.8 Å². The maximum atomic E-state index is 13.1. The molecule has 3 nitrogen and oxygen atoms in total. The third kappa shape index (κ3) is 3.37. The Morgan fingerprint density at radius 1 is 0.846 bits per heavy atom. The van der Waals surface area contributed by atoms with Crippen LogP contribution in [-0.4, -0.2) is 38.2 Å². The van der Waals surface area contributed by atoms with E-state index in [1.54, 1.807) is 7.11 Å². The number of hydrogen-bond donors (Lipinski definition) is 0. The minimum absolute atomic E-state index is 0.182. The molecule has 0 saturated carbocycles. The van der Waals surface area contributed by atoms with Gasteiger partial charge in [-0.05, 0) is 41.3 Å². The number of ether oxygens (including phenoxy) is 1. The Morgan fingerprint density at radius 3 is 2.23 bits per heavy atom. The SMILES string of the molecule is COc1ccc(CN2CCN(c3ccc(F)cc3)CC2)c2ccccc12. The highest BCUT2D eigenvalue weighted by atomic mass is 19.1. The van der Waals surface area contributed by atoms with Crippen molar-refractivity contribution in [2.75, 3.05) is 38.2 Å². The molecule has 0 N–H and O–H groups in total. The molecule has 0 aliphatic carbocycles. The smallest absolute Gasteiger partial charge is 0.126 e. The molecule has 3 aromatic rings. The van der Waals surface area contributed by atoms with E-state index in [9.17, 15) is 4.39 Å². The standard InChI is InChI=1S/C22H23FN2O/c1-26-22-11-6-17(20-4-2-3-5-21(20)22)16-24-12-14-25(15-13-24)19-9-7-18(23)8-10-19/h2-11H,12-16H2,1H3. The number of piperazine rings is 1. The molecular weight excluding hydrogens is 327 g/mol. The van der Waals surface area contributed by atoms with Crippen molar-refractivity contribution in [1.29, 1.82) is 0 Å². The summed E-state index contributed by atoms with van der Waals surface area (Å²) >= 11 is 0. The van der Waals surface area contributed by atoms with Gasteiger partial charge in [0.15, 0.2) is 0 Å². The van der Waals surface area contributed by atoms with E-state index >= 15 is 0 Å². The van der Waals surface area contributed by atoms with Gasteiger partial charge in [-0.15, -0.1) is 0 Å². The first-order valence-corrected chi connectivity index (χ1v) is 9.02. The normalized spacial score (nSPS) is 15.4. The third-order valence-corrected chi connectivity index (χ3v) is 5.15. The zero-order chi connectivity index (χ0) is 17.9. The van der Waals surface area contributed by atoms with Gasteiger partial charge in [0.05, 0.1) is 7.11 Å². The Hall–Kier alpha value is -2.59. The lowest BCUT2D eigenvalue weighted by Crippen LogP contribution is -2.46. The Labute approximate surface area is 153 Å². The molecule has 0 radical (unpaired) electrons. The molecule has 134 valence electrons. The van der Waals surface area contributed by atoms with Crippen molar-refractivity contribution in [2.24, 2.45) is 0 Å². The van der Waals surface area contributed by atoms with Gasteiger partial charge in [0.2, 0.25) is 0 Å². The van der Waals surface area contributed by atoms with Crippen LogP contribution < -0.4 is 9.64 Å². The number of anilines is 1. The summed E-state index contributed by atoms with van der Waals surface area (Å²) in [6.45, 7) is 4.84. The van der Waals surface area contributed by atoms with Crippen molar-refractivity contribution < 1.29 is 9.13 Å². The number of nitrogens with zero attached hydrogens (tertiary/aromatic N) is 2. The average Bonchev–Trinajstić information content (AvgIpc) is 2.69. The molecule has 0 atom stereocenters. The lowest BCUT2D eigenvalue weighted by molar-refractivity contribution is 0.250. The van der Waals surface area contributed by atoms with Crippen LogP contribution in [0.5, 0.6) is 5.75 Å². The van der Waals surface area contributed by atoms with E-state index in [2.05, 4.69) is 46.2 Å². The molecule has 0 amide bonds. The van der Waals surface area contributed by atoms with Crippen LogP contribution >= 0.6 is 0 Å². The molecule has 26 heavy (non-hydrogen) atoms. The molecule has 3 aromatic carbocycles. The number of hydrogen-bond acceptors (Lipinski definition) is 3. The fraction of sp³-hybridized carbons (Fsp3) is 0.273. The Balaban J connectivity index is 1.46. The van der Waals surface area contributed by atoms with Crippen LogP contribution in [0, 0.1) is 5.82 Å². The number of halogens is 1. The Bertz CT molecular complexity index is 886. The predicted molar refractivity (Wildman–Crippen MR) is 104 cm³/mol. The van der Waals surface area contributed by atoms with E-state index in [-0.39, 0.29) is 5.82 Å². The fourth-order valence-corrected chi connectivity index (χ4v) is 3.71. The minimum Gasteiger partial charge on any atom is -0.496 e. The molecule has 1 aliphatic rings. The summed E-state index contributed by atoms with van der Waals surface area (Å²) < 4.78 is 18.6. The van der Waals surface area contributed by atoms with Gasteiger partial charge in [-0.3, -0.25) is 4.90 Å². The monoisotopic (exact) mass is 350 g/mol. The van der Waals surface area contributed by atoms with Crippen molar-refractivity contribution in [3.05, 3.63) is 72.0 Å². The van der Waals surface area contributed by atoms with Gasteiger partial charge >= 0.3 is 0 Å². The highest BCUT2D eigenvalue weighted by Gasteiger charge is 2.18. The zero-order valence-corrected chi connectivity index (χ0v) is 15.0. The van der Waals surface area contributed by atoms with E-state index in [1.165, 1.54) is 23.1 Å². The van der Waals surface area contributed by atoms with Gasteiger partial charge in [-0.1, -0.05) is 30.3 Å². The Kier molecular flexibility index (Phi) is 4.76. The topological polar surface area (TPSA) is 15.7 Å². The van der Waals surface area contributed by atoms with Crippen LogP contribution in [0.4, 0.5) is 10.1 Å². The van der Waals surface area contributed by atoms with Crippen molar-refractivity contribution >= 4 is 16.5 Å². The zero-order valence-electron chi connectivity index (χ0n) is 15.0. The summed E-state index contributed by atoms with van der Waals surface area (Å²) in [6.07, 6.45) is 0. The van der Waals surface area contributed by atoms with Gasteiger partial charge in [0.1, 0.15) is 11.6 Å². The maximum Gasteiger partial charge on any atom is 0.126 e. The third-order valence-electron chi connectivity index (χ3n) is 5.15. The first kappa shape index (κ1) is 16.9. The van der Waals surface area contributed by atoms with E-state index in [0.29, 0.717) is 0 Å². The van der Waals surface area contributed by atoms with Crippen molar-refractivity contribution in [2.45, 2.75) is 6.54 Å². The van der Waals surface area contributed by atoms with Gasteiger partial charge in [-0.25, -0.2) is 4.39 Å². The predicted octanol–water partition coefficient (Wildman–Crippen LogP) is 4.31. The maximum absolute atomic E-state index is 13.1. The molecule has 1 saturated heterocycles. The van der Waals surface area contributed by atoms with Crippen LogP contribution in [0.3, 0.4) is 0 Å². The molecular formula is C22H23FN2O. The minimum atomic E-state index is -0.182. The van der Waals surface area contributed by atoms with Gasteiger partial charge < -0.3 is 9.64 Å². The quantitative estimate of drug-likeness (QED) is 0.697. The molecule has 0 unspecified atom stereocenters. The largest absolute Gasteiger partial charge is 0.496 e. The molecule has 1 fully saturated rings. The molecule has 4 heteroatoms. The molecule has 0 spiro atoms. The average molecular weight is 350 g/mol. The summed E-state index contributed by atoms with van der Waals surface area (Å²) in [7, 11) is 1.72. The Morgan fingerprint density at radius 2 is 1.54 bits per heavy atom. The van der Waals surface area contributed by atoms with E-state index in [0.717, 1.165) is 49.5 Å². The molecule has 4 rings (SSSR count). The van der Waals surface area contributed by atoms with Crippen molar-refractivity contribution in [3.63, 3.8) is 0 Å². The lowest BCUT2D eigenvalue weighted by atomic mass is 10.0. The van der Waals surface area contributed by atoms with Crippen LogP contribution in [0.15, 0.2) is 60.7 Å². The second-order valence-electron chi connectivity index (χ2n) is 6.71. The highest BCUT2D eigenvalue weighted by molar-refractivity contribution is 5.91. The summed E-state index contributed by atoms with van der Waals surface area (Å²) in [5.41, 5.74) is 2.43. The first-order chi connectivity index (χ1) is 12.7. The van der Waals surface area contributed by atoms with E-state index < -0.39 is 0 Å². The number of methoxy groups -OCH3 is 1. The second-order valence-corrected chi connectivity index (χ2v) is 6.71. The fourth-order valence-electron chi connectivity index (χ4n) is 3.71. The van der Waals surface area contributed by atoms with Gasteiger partial charge in [0.25, 0.3) is 0 Å².